The molecule has 6 heteroatoms. The maximum absolute atomic E-state index is 13.5. The summed E-state index contributed by atoms with van der Waals surface area (Å²) < 4.78 is 23.3. The highest BCUT2D eigenvalue weighted by Gasteiger charge is 2.21. The molecule has 1 unspecified atom stereocenters. The molecule has 1 aromatic carbocycles. The Hall–Kier alpha value is -1.14. The predicted molar refractivity (Wildman–Crippen MR) is 62.2 cm³/mol. The lowest BCUT2D eigenvalue weighted by molar-refractivity contribution is -0.153. The maximum Gasteiger partial charge on any atom is 0.339 e. The van der Waals surface area contributed by atoms with Crippen molar-refractivity contribution < 1.29 is 23.8 Å². The Kier molecular flexibility index (Phi) is 4.89. The van der Waals surface area contributed by atoms with Gasteiger partial charge in [-0.3, -0.25) is 0 Å². The molecule has 0 aliphatic heterocycles. The van der Waals surface area contributed by atoms with E-state index < -0.39 is 17.9 Å². The quantitative estimate of drug-likeness (QED) is 0.866. The summed E-state index contributed by atoms with van der Waals surface area (Å²) in [6, 6.07) is 2.44. The molecule has 94 valence electrons. The lowest BCUT2D eigenvalue weighted by atomic mass is 10.1. The number of ether oxygens (including phenoxy) is 2. The van der Waals surface area contributed by atoms with Gasteiger partial charge in [0, 0.05) is 0 Å². The minimum Gasteiger partial charge on any atom is -0.492 e. The van der Waals surface area contributed by atoms with Gasteiger partial charge in [0.1, 0.15) is 0 Å². The SMILES string of the molecule is CCOC(=O)C(O)c1cc(F)c(OC)c(Br)c1. The fourth-order valence-corrected chi connectivity index (χ4v) is 1.91. The number of halogens is 2. The van der Waals surface area contributed by atoms with Crippen LogP contribution in [0.1, 0.15) is 18.6 Å². The van der Waals surface area contributed by atoms with Crippen LogP contribution in [0, 0.1) is 5.82 Å². The Labute approximate surface area is 106 Å². The topological polar surface area (TPSA) is 55.8 Å². The zero-order valence-corrected chi connectivity index (χ0v) is 11.0. The Morgan fingerprint density at radius 2 is 2.24 bits per heavy atom. The number of hydrogen-bond donors (Lipinski definition) is 1. The van der Waals surface area contributed by atoms with Gasteiger partial charge in [-0.05, 0) is 40.5 Å². The maximum atomic E-state index is 13.5. The molecule has 0 aromatic heterocycles. The monoisotopic (exact) mass is 306 g/mol. The van der Waals surface area contributed by atoms with Crippen LogP contribution in [0.4, 0.5) is 4.39 Å². The van der Waals surface area contributed by atoms with Crippen molar-refractivity contribution in [1.29, 1.82) is 0 Å². The summed E-state index contributed by atoms with van der Waals surface area (Å²) in [5.74, 6) is -1.46. The summed E-state index contributed by atoms with van der Waals surface area (Å²) >= 11 is 3.09. The van der Waals surface area contributed by atoms with Crippen LogP contribution in [-0.4, -0.2) is 24.8 Å². The number of aliphatic hydroxyl groups is 1. The van der Waals surface area contributed by atoms with E-state index in [1.54, 1.807) is 6.92 Å². The van der Waals surface area contributed by atoms with Crippen molar-refractivity contribution in [3.8, 4) is 5.75 Å². The van der Waals surface area contributed by atoms with E-state index in [0.717, 1.165) is 6.07 Å². The molecule has 0 aliphatic carbocycles. The van der Waals surface area contributed by atoms with Gasteiger partial charge in [0.05, 0.1) is 18.2 Å². The number of carbonyl (C=O) groups is 1. The third kappa shape index (κ3) is 3.17. The van der Waals surface area contributed by atoms with Gasteiger partial charge in [0.25, 0.3) is 0 Å². The minimum atomic E-state index is -1.51. The smallest absolute Gasteiger partial charge is 0.339 e. The number of aliphatic hydroxyl groups excluding tert-OH is 1. The molecule has 0 amide bonds. The molecule has 1 rings (SSSR count). The van der Waals surface area contributed by atoms with Crippen LogP contribution in [0.25, 0.3) is 0 Å². The van der Waals surface area contributed by atoms with Crippen LogP contribution in [0.5, 0.6) is 5.75 Å². The van der Waals surface area contributed by atoms with E-state index in [4.69, 9.17) is 4.74 Å². The molecular weight excluding hydrogens is 295 g/mol. The van der Waals surface area contributed by atoms with Gasteiger partial charge in [-0.1, -0.05) is 0 Å². The van der Waals surface area contributed by atoms with Crippen molar-refractivity contribution in [2.45, 2.75) is 13.0 Å². The first-order valence-electron chi connectivity index (χ1n) is 4.88. The number of hydrogen-bond acceptors (Lipinski definition) is 4. The Morgan fingerprint density at radius 3 is 2.71 bits per heavy atom. The zero-order valence-electron chi connectivity index (χ0n) is 9.37. The fraction of sp³-hybridized carbons (Fsp3) is 0.364. The largest absolute Gasteiger partial charge is 0.492 e. The Bertz CT molecular complexity index is 399. The Morgan fingerprint density at radius 1 is 1.59 bits per heavy atom. The van der Waals surface area contributed by atoms with Crippen LogP contribution in [0.2, 0.25) is 0 Å². The minimum absolute atomic E-state index is 0.0183. The van der Waals surface area contributed by atoms with E-state index in [1.165, 1.54) is 13.2 Å². The molecule has 0 bridgehead atoms. The van der Waals surface area contributed by atoms with Crippen molar-refractivity contribution in [3.63, 3.8) is 0 Å². The van der Waals surface area contributed by atoms with Gasteiger partial charge < -0.3 is 14.6 Å². The van der Waals surface area contributed by atoms with Crippen LogP contribution in [0.3, 0.4) is 0 Å². The first-order chi connectivity index (χ1) is 8.01. The number of carbonyl (C=O) groups excluding carboxylic acids is 1. The Balaban J connectivity index is 3.04. The highest BCUT2D eigenvalue weighted by molar-refractivity contribution is 9.10. The van der Waals surface area contributed by atoms with Crippen molar-refractivity contribution in [2.75, 3.05) is 13.7 Å². The standard InChI is InChI=1S/C11H12BrFO4/c1-3-17-11(15)9(14)6-4-7(12)10(16-2)8(13)5-6/h4-5,9,14H,3H2,1-2H3. The van der Waals surface area contributed by atoms with Gasteiger partial charge in [-0.15, -0.1) is 0 Å². The number of esters is 1. The van der Waals surface area contributed by atoms with Crippen molar-refractivity contribution in [2.24, 2.45) is 0 Å². The van der Waals surface area contributed by atoms with Crippen LogP contribution in [-0.2, 0) is 9.53 Å². The highest BCUT2D eigenvalue weighted by Crippen LogP contribution is 2.31. The fourth-order valence-electron chi connectivity index (χ4n) is 1.29. The van der Waals surface area contributed by atoms with E-state index in [2.05, 4.69) is 20.7 Å². The average Bonchev–Trinajstić information content (AvgIpc) is 2.27. The zero-order chi connectivity index (χ0) is 13.0. The summed E-state index contributed by atoms with van der Waals surface area (Å²) in [6.07, 6.45) is -1.51. The van der Waals surface area contributed by atoms with Gasteiger partial charge in [0.2, 0.25) is 0 Å². The van der Waals surface area contributed by atoms with Gasteiger partial charge in [-0.25, -0.2) is 9.18 Å². The van der Waals surface area contributed by atoms with Crippen LogP contribution >= 0.6 is 15.9 Å². The van der Waals surface area contributed by atoms with E-state index in [0.29, 0.717) is 4.47 Å². The van der Waals surface area contributed by atoms with E-state index in [-0.39, 0.29) is 17.9 Å². The summed E-state index contributed by atoms with van der Waals surface area (Å²) in [5.41, 5.74) is 0.105. The second kappa shape index (κ2) is 5.97. The molecule has 0 spiro atoms. The second-order valence-corrected chi connectivity index (χ2v) is 4.03. The summed E-state index contributed by atoms with van der Waals surface area (Å²) in [5, 5.41) is 9.63. The third-order valence-corrected chi connectivity index (χ3v) is 2.64. The molecule has 1 atom stereocenters. The molecule has 1 N–H and O–H groups in total. The van der Waals surface area contributed by atoms with Crippen LogP contribution in [0.15, 0.2) is 16.6 Å². The highest BCUT2D eigenvalue weighted by atomic mass is 79.9. The van der Waals surface area contributed by atoms with E-state index >= 15 is 0 Å². The van der Waals surface area contributed by atoms with Crippen molar-refractivity contribution >= 4 is 21.9 Å². The number of rotatable bonds is 4. The van der Waals surface area contributed by atoms with Crippen molar-refractivity contribution in [1.82, 2.24) is 0 Å². The predicted octanol–water partition coefficient (Wildman–Crippen LogP) is 2.19. The lowest BCUT2D eigenvalue weighted by Crippen LogP contribution is -2.15. The van der Waals surface area contributed by atoms with E-state index in [9.17, 15) is 14.3 Å². The third-order valence-electron chi connectivity index (χ3n) is 2.05. The van der Waals surface area contributed by atoms with E-state index in [1.807, 2.05) is 0 Å². The first-order valence-corrected chi connectivity index (χ1v) is 5.68. The molecule has 0 heterocycles. The molecule has 0 saturated heterocycles. The molecule has 0 saturated carbocycles. The van der Waals surface area contributed by atoms with Gasteiger partial charge in [0.15, 0.2) is 17.7 Å². The molecule has 0 radical (unpaired) electrons. The average molecular weight is 307 g/mol. The molecule has 4 nitrogen and oxygen atoms in total. The summed E-state index contributed by atoms with van der Waals surface area (Å²) in [6.45, 7) is 1.77. The number of methoxy groups -OCH3 is 1. The molecule has 1 aromatic rings. The van der Waals surface area contributed by atoms with Gasteiger partial charge >= 0.3 is 5.97 Å². The normalized spacial score (nSPS) is 12.1. The molecular formula is C11H12BrFO4. The van der Waals surface area contributed by atoms with Crippen LogP contribution < -0.4 is 4.74 Å². The number of benzene rings is 1. The lowest BCUT2D eigenvalue weighted by Gasteiger charge is -2.12. The summed E-state index contributed by atoms with van der Waals surface area (Å²) in [4.78, 5) is 11.3. The molecule has 0 aliphatic rings. The van der Waals surface area contributed by atoms with Crippen molar-refractivity contribution in [3.05, 3.63) is 28.0 Å². The molecule has 17 heavy (non-hydrogen) atoms. The molecule has 0 fully saturated rings. The van der Waals surface area contributed by atoms with Gasteiger partial charge in [-0.2, -0.15) is 0 Å². The second-order valence-electron chi connectivity index (χ2n) is 3.17. The summed E-state index contributed by atoms with van der Waals surface area (Å²) in [7, 11) is 1.32. The first kappa shape index (κ1) is 13.9.